The predicted molar refractivity (Wildman–Crippen MR) is 171 cm³/mol. The highest BCUT2D eigenvalue weighted by Crippen LogP contribution is 2.43. The third kappa shape index (κ3) is 8.86. The Hall–Kier alpha value is -4.35. The number of rotatable bonds is 11. The maximum absolute atomic E-state index is 14.4. The molecule has 10 nitrogen and oxygen atoms in total. The summed E-state index contributed by atoms with van der Waals surface area (Å²) in [7, 11) is 0. The van der Waals surface area contributed by atoms with Crippen LogP contribution in [0.4, 0.5) is 4.79 Å². The van der Waals surface area contributed by atoms with Crippen LogP contribution in [0.5, 0.6) is 0 Å². The summed E-state index contributed by atoms with van der Waals surface area (Å²) < 4.78 is 5.42. The molecule has 2 unspecified atom stereocenters. The van der Waals surface area contributed by atoms with Gasteiger partial charge in [0.05, 0.1) is 6.04 Å². The van der Waals surface area contributed by atoms with Crippen molar-refractivity contribution in [2.24, 2.45) is 5.41 Å². The average molecular weight is 634 g/mol. The number of carbonyl (C=O) groups is 4. The zero-order valence-electron chi connectivity index (χ0n) is 25.5. The summed E-state index contributed by atoms with van der Waals surface area (Å²) in [5, 5.41) is 25.0. The second kappa shape index (κ2) is 15.1. The van der Waals surface area contributed by atoms with Crippen LogP contribution in [-0.4, -0.2) is 69.0 Å². The van der Waals surface area contributed by atoms with Crippen LogP contribution >= 0.6 is 11.8 Å². The molecule has 0 aromatic heterocycles. The van der Waals surface area contributed by atoms with Crippen molar-refractivity contribution >= 4 is 35.6 Å². The molecule has 3 aromatic carbocycles. The molecule has 1 aliphatic rings. The number of carbonyl (C=O) groups excluding carboxylic acids is 3. The number of aliphatic hydroxyl groups is 1. The number of nitrogens with zero attached hydrogens (tertiary/aromatic N) is 1. The van der Waals surface area contributed by atoms with E-state index in [9.17, 15) is 29.4 Å². The third-order valence-corrected chi connectivity index (χ3v) is 8.81. The quantitative estimate of drug-likeness (QED) is 0.247. The number of nitrogens with one attached hydrogen (secondary N) is 2. The van der Waals surface area contributed by atoms with Gasteiger partial charge in [0, 0.05) is 5.75 Å². The first kappa shape index (κ1) is 33.5. The maximum atomic E-state index is 14.4. The van der Waals surface area contributed by atoms with E-state index in [0.29, 0.717) is 0 Å². The molecular weight excluding hydrogens is 594 g/mol. The fourth-order valence-electron chi connectivity index (χ4n) is 5.09. The van der Waals surface area contributed by atoms with Crippen LogP contribution in [0.3, 0.4) is 0 Å². The summed E-state index contributed by atoms with van der Waals surface area (Å²) >= 11 is 1.39. The molecule has 0 saturated carbocycles. The Kier molecular flexibility index (Phi) is 11.2. The lowest BCUT2D eigenvalue weighted by molar-refractivity contribution is -0.150. The van der Waals surface area contributed by atoms with E-state index in [1.165, 1.54) is 16.7 Å². The first-order valence-corrected chi connectivity index (χ1v) is 15.7. The number of hydrogen-bond acceptors (Lipinski definition) is 7. The second-order valence-corrected chi connectivity index (χ2v) is 13.1. The lowest BCUT2D eigenvalue weighted by Gasteiger charge is -2.37. The molecule has 3 amide bonds. The Balaban J connectivity index is 1.60. The van der Waals surface area contributed by atoms with Gasteiger partial charge in [-0.25, -0.2) is 9.59 Å². The third-order valence-electron chi connectivity index (χ3n) is 7.49. The molecule has 0 spiro atoms. The highest BCUT2D eigenvalue weighted by atomic mass is 32.2. The first-order valence-electron chi connectivity index (χ1n) is 14.7. The Morgan fingerprint density at radius 3 is 2.00 bits per heavy atom. The summed E-state index contributed by atoms with van der Waals surface area (Å²) in [6.07, 6.45) is -2.58. The molecule has 11 heteroatoms. The minimum absolute atomic E-state index is 0.0175. The fourth-order valence-corrected chi connectivity index (χ4v) is 6.53. The number of aliphatic hydroxyl groups excluding tert-OH is 1. The number of aliphatic carboxylic acids is 1. The van der Waals surface area contributed by atoms with Gasteiger partial charge in [0.25, 0.3) is 0 Å². The molecule has 0 aliphatic carbocycles. The van der Waals surface area contributed by atoms with Crippen LogP contribution in [0.25, 0.3) is 0 Å². The van der Waals surface area contributed by atoms with Gasteiger partial charge in [0.2, 0.25) is 11.8 Å². The summed E-state index contributed by atoms with van der Waals surface area (Å²) in [6.45, 7) is 5.44. The van der Waals surface area contributed by atoms with E-state index in [0.717, 1.165) is 16.7 Å². The molecule has 5 atom stereocenters. The highest BCUT2D eigenvalue weighted by Gasteiger charge is 2.48. The minimum Gasteiger partial charge on any atom is -0.479 e. The van der Waals surface area contributed by atoms with Gasteiger partial charge >= 0.3 is 12.1 Å². The zero-order valence-corrected chi connectivity index (χ0v) is 26.3. The van der Waals surface area contributed by atoms with E-state index in [-0.39, 0.29) is 18.8 Å². The number of thioether (sulfide) groups is 1. The SMILES string of the molecule is CC(C)(C)[C@H](NC(=O)OCc1ccccc1)C(=O)N1C(c2ccccc2)SC[C@H]1C(=O)N[C@@H](Cc1ccccc1)C(O)C(=O)O. The van der Waals surface area contributed by atoms with Crippen LogP contribution in [0, 0.1) is 5.41 Å². The van der Waals surface area contributed by atoms with Crippen molar-refractivity contribution in [1.29, 1.82) is 0 Å². The van der Waals surface area contributed by atoms with Gasteiger partial charge in [-0.2, -0.15) is 0 Å². The molecule has 0 bridgehead atoms. The van der Waals surface area contributed by atoms with Crippen molar-refractivity contribution in [3.05, 3.63) is 108 Å². The van der Waals surface area contributed by atoms with Gasteiger partial charge in [-0.3, -0.25) is 9.59 Å². The number of ether oxygens (including phenoxy) is 1. The monoisotopic (exact) mass is 633 g/mol. The van der Waals surface area contributed by atoms with E-state index in [1.807, 2.05) is 87.5 Å². The molecule has 3 aromatic rings. The van der Waals surface area contributed by atoms with Gasteiger partial charge < -0.3 is 30.5 Å². The number of hydrogen-bond donors (Lipinski definition) is 4. The molecule has 1 saturated heterocycles. The smallest absolute Gasteiger partial charge is 0.408 e. The van der Waals surface area contributed by atoms with Crippen molar-refractivity contribution in [1.82, 2.24) is 15.5 Å². The van der Waals surface area contributed by atoms with Crippen LogP contribution in [0.15, 0.2) is 91.0 Å². The second-order valence-electron chi connectivity index (χ2n) is 12.0. The molecule has 238 valence electrons. The summed E-state index contributed by atoms with van der Waals surface area (Å²) in [4.78, 5) is 54.5. The van der Waals surface area contributed by atoms with E-state index < -0.39 is 58.9 Å². The summed E-state index contributed by atoms with van der Waals surface area (Å²) in [5.41, 5.74) is 1.53. The van der Waals surface area contributed by atoms with Crippen molar-refractivity contribution in [3.8, 4) is 0 Å². The first-order chi connectivity index (χ1) is 21.5. The molecule has 1 aliphatic heterocycles. The van der Waals surface area contributed by atoms with Crippen molar-refractivity contribution in [2.45, 2.75) is 63.4 Å². The lowest BCUT2D eigenvalue weighted by Crippen LogP contribution is -2.60. The number of carboxylic acid groups (broad SMARTS) is 1. The Labute approximate surface area is 267 Å². The van der Waals surface area contributed by atoms with Crippen molar-refractivity contribution in [2.75, 3.05) is 5.75 Å². The topological polar surface area (TPSA) is 145 Å². The Morgan fingerprint density at radius 2 is 1.44 bits per heavy atom. The minimum atomic E-state index is -1.87. The molecule has 4 N–H and O–H groups in total. The van der Waals surface area contributed by atoms with Crippen molar-refractivity contribution in [3.63, 3.8) is 0 Å². The summed E-state index contributed by atoms with van der Waals surface area (Å²) in [6, 6.07) is 24.1. The molecule has 45 heavy (non-hydrogen) atoms. The number of amides is 3. The van der Waals surface area contributed by atoms with E-state index in [2.05, 4.69) is 10.6 Å². The average Bonchev–Trinajstić information content (AvgIpc) is 3.48. The highest BCUT2D eigenvalue weighted by molar-refractivity contribution is 7.99. The number of alkyl carbamates (subject to hydrolysis) is 1. The van der Waals surface area contributed by atoms with Crippen LogP contribution < -0.4 is 10.6 Å². The summed E-state index contributed by atoms with van der Waals surface area (Å²) in [5.74, 6) is -2.35. The molecular formula is C34H39N3O7S. The Morgan fingerprint density at radius 1 is 0.889 bits per heavy atom. The van der Waals surface area contributed by atoms with Gasteiger partial charge in [0.15, 0.2) is 6.10 Å². The molecule has 4 rings (SSSR count). The molecule has 0 radical (unpaired) electrons. The molecule has 1 fully saturated rings. The van der Waals surface area contributed by atoms with Crippen molar-refractivity contribution < 1.29 is 34.1 Å². The van der Waals surface area contributed by atoms with E-state index >= 15 is 0 Å². The van der Waals surface area contributed by atoms with E-state index in [1.54, 1.807) is 24.3 Å². The van der Waals surface area contributed by atoms with E-state index in [4.69, 9.17) is 4.74 Å². The van der Waals surface area contributed by atoms with Gasteiger partial charge in [0.1, 0.15) is 24.1 Å². The largest absolute Gasteiger partial charge is 0.479 e. The Bertz CT molecular complexity index is 1450. The normalized spacial score (nSPS) is 18.4. The van der Waals surface area contributed by atoms with Gasteiger partial charge in [-0.05, 0) is 28.5 Å². The van der Waals surface area contributed by atoms with Crippen LogP contribution in [-0.2, 0) is 32.1 Å². The van der Waals surface area contributed by atoms with Gasteiger partial charge in [-0.1, -0.05) is 112 Å². The van der Waals surface area contributed by atoms with Crippen LogP contribution in [0.1, 0.15) is 42.8 Å². The van der Waals surface area contributed by atoms with Crippen LogP contribution in [0.2, 0.25) is 0 Å². The lowest BCUT2D eigenvalue weighted by atomic mass is 9.85. The number of benzene rings is 3. The molecule has 1 heterocycles. The zero-order chi connectivity index (χ0) is 32.6. The fraction of sp³-hybridized carbons (Fsp3) is 0.353. The number of carboxylic acids is 1. The maximum Gasteiger partial charge on any atom is 0.408 e. The van der Waals surface area contributed by atoms with Gasteiger partial charge in [-0.15, -0.1) is 11.8 Å². The predicted octanol–water partition coefficient (Wildman–Crippen LogP) is 4.14. The standard InChI is InChI=1S/C34H39N3O7S/c1-34(2,3)28(36-33(43)44-20-23-15-9-5-10-16-23)30(40)37-26(21-45-31(37)24-17-11-6-12-18-24)29(39)35-25(27(38)32(41)42)19-22-13-7-4-8-14-22/h4-18,25-28,31,38H,19-21H2,1-3H3,(H,35,39)(H,36,43)(H,41,42)/t25-,26-,27?,28+,31?/m0/s1.